The summed E-state index contributed by atoms with van der Waals surface area (Å²) in [5.41, 5.74) is 9.79. The number of thiophene rings is 1. The number of aliphatic hydroxyl groups excluding tert-OH is 1. The van der Waals surface area contributed by atoms with Crippen LogP contribution in [0.3, 0.4) is 0 Å². The van der Waals surface area contributed by atoms with Crippen molar-refractivity contribution < 1.29 is 23.1 Å². The molecule has 3 rings (SSSR count). The van der Waals surface area contributed by atoms with Gasteiger partial charge < -0.3 is 26.8 Å². The summed E-state index contributed by atoms with van der Waals surface area (Å²) in [6, 6.07) is 1.19. The zero-order chi connectivity index (χ0) is 19.8. The second-order valence-electron chi connectivity index (χ2n) is 6.35. The molecule has 0 unspecified atom stereocenters. The third kappa shape index (κ3) is 3.94. The largest absolute Gasteiger partial charge is 0.417 e. The van der Waals surface area contributed by atoms with Crippen molar-refractivity contribution in [1.29, 1.82) is 0 Å². The summed E-state index contributed by atoms with van der Waals surface area (Å²) in [6.07, 6.45) is -3.19. The molecule has 1 aliphatic rings. The van der Waals surface area contributed by atoms with Crippen LogP contribution < -0.4 is 21.7 Å². The number of nitrogens with two attached hydrogens (primary N) is 2. The van der Waals surface area contributed by atoms with E-state index in [2.05, 4.69) is 10.3 Å². The number of anilines is 2. The third-order valence-electron chi connectivity index (χ3n) is 4.58. The number of halogens is 3. The molecule has 148 valence electrons. The van der Waals surface area contributed by atoms with E-state index >= 15 is 0 Å². The molecule has 1 fully saturated rings. The molecule has 11 heteroatoms. The maximum atomic E-state index is 13.6. The molecule has 7 nitrogen and oxygen atoms in total. The minimum Gasteiger partial charge on any atom is -0.397 e. The van der Waals surface area contributed by atoms with E-state index in [0.29, 0.717) is 19.6 Å². The van der Waals surface area contributed by atoms with E-state index in [1.165, 1.54) is 0 Å². The summed E-state index contributed by atoms with van der Waals surface area (Å²) in [5, 5.41) is 11.8. The second kappa shape index (κ2) is 7.49. The van der Waals surface area contributed by atoms with Crippen LogP contribution in [-0.4, -0.2) is 48.3 Å². The first kappa shape index (κ1) is 19.6. The first-order valence-electron chi connectivity index (χ1n) is 8.41. The van der Waals surface area contributed by atoms with Gasteiger partial charge in [0.25, 0.3) is 5.91 Å². The number of piperidine rings is 1. The Morgan fingerprint density at radius 3 is 2.63 bits per heavy atom. The fraction of sp³-hybridized carbons (Fsp3) is 0.500. The van der Waals surface area contributed by atoms with Crippen molar-refractivity contribution in [2.75, 3.05) is 36.9 Å². The number of rotatable bonds is 5. The van der Waals surface area contributed by atoms with E-state index in [1.54, 1.807) is 4.90 Å². The fourth-order valence-electron chi connectivity index (χ4n) is 3.26. The Balaban J connectivity index is 1.97. The van der Waals surface area contributed by atoms with Crippen LogP contribution in [0.5, 0.6) is 0 Å². The summed E-state index contributed by atoms with van der Waals surface area (Å²) >= 11 is 0.775. The molecule has 0 aliphatic carbocycles. The van der Waals surface area contributed by atoms with E-state index in [9.17, 15) is 18.0 Å². The van der Waals surface area contributed by atoms with E-state index in [4.69, 9.17) is 16.6 Å². The number of aromatic nitrogens is 1. The highest BCUT2D eigenvalue weighted by Gasteiger charge is 2.36. The predicted molar refractivity (Wildman–Crippen MR) is 97.9 cm³/mol. The van der Waals surface area contributed by atoms with Crippen molar-refractivity contribution in [3.63, 3.8) is 0 Å². The van der Waals surface area contributed by atoms with Gasteiger partial charge in [-0.05, 0) is 18.9 Å². The van der Waals surface area contributed by atoms with Gasteiger partial charge in [-0.1, -0.05) is 0 Å². The minimum atomic E-state index is -4.64. The number of fused-ring (bicyclic) bond motifs is 1. The number of nitrogens with zero attached hydrogens (tertiary/aromatic N) is 2. The topological polar surface area (TPSA) is 118 Å². The number of nitrogen functional groups attached to an aromatic ring is 1. The molecule has 0 bridgehead atoms. The molecule has 0 atom stereocenters. The molecule has 27 heavy (non-hydrogen) atoms. The average molecular weight is 403 g/mol. The Morgan fingerprint density at radius 2 is 2.07 bits per heavy atom. The van der Waals surface area contributed by atoms with Gasteiger partial charge in [-0.15, -0.1) is 11.3 Å². The van der Waals surface area contributed by atoms with Crippen LogP contribution in [0.15, 0.2) is 6.07 Å². The van der Waals surface area contributed by atoms with E-state index in [-0.39, 0.29) is 39.2 Å². The molecular formula is C16H20F3N5O2S. The smallest absolute Gasteiger partial charge is 0.397 e. The molecule has 0 saturated carbocycles. The van der Waals surface area contributed by atoms with E-state index in [1.807, 2.05) is 0 Å². The number of amides is 1. The number of hydrogen-bond acceptors (Lipinski definition) is 7. The van der Waals surface area contributed by atoms with Crippen LogP contribution in [0.1, 0.15) is 28.1 Å². The quantitative estimate of drug-likeness (QED) is 0.602. The number of aliphatic hydroxyl groups is 1. The maximum absolute atomic E-state index is 13.6. The maximum Gasteiger partial charge on any atom is 0.417 e. The van der Waals surface area contributed by atoms with Gasteiger partial charge in [-0.2, -0.15) is 13.2 Å². The molecule has 0 spiro atoms. The van der Waals surface area contributed by atoms with Crippen molar-refractivity contribution in [2.24, 2.45) is 5.73 Å². The lowest BCUT2D eigenvalue weighted by atomic mass is 10.0. The molecule has 3 heterocycles. The molecule has 2 aromatic rings. The lowest BCUT2D eigenvalue weighted by Gasteiger charge is -2.33. The average Bonchev–Trinajstić information content (AvgIpc) is 2.96. The molecule has 1 amide bonds. The summed E-state index contributed by atoms with van der Waals surface area (Å²) in [5.74, 6) is -0.673. The highest BCUT2D eigenvalue weighted by molar-refractivity contribution is 7.21. The normalized spacial score (nSPS) is 16.2. The monoisotopic (exact) mass is 403 g/mol. The van der Waals surface area contributed by atoms with E-state index in [0.717, 1.165) is 30.2 Å². The summed E-state index contributed by atoms with van der Waals surface area (Å²) in [7, 11) is 0. The van der Waals surface area contributed by atoms with Gasteiger partial charge in [0.2, 0.25) is 0 Å². The van der Waals surface area contributed by atoms with Gasteiger partial charge in [0.1, 0.15) is 15.5 Å². The zero-order valence-corrected chi connectivity index (χ0v) is 15.2. The molecule has 0 radical (unpaired) electrons. The van der Waals surface area contributed by atoms with Gasteiger partial charge in [-0.25, -0.2) is 4.98 Å². The summed E-state index contributed by atoms with van der Waals surface area (Å²) in [6.45, 7) is 1.58. The third-order valence-corrected chi connectivity index (χ3v) is 5.69. The van der Waals surface area contributed by atoms with Crippen molar-refractivity contribution >= 4 is 39.0 Å². The Bertz CT molecular complexity index is 847. The van der Waals surface area contributed by atoms with Crippen molar-refractivity contribution in [1.82, 2.24) is 10.3 Å². The van der Waals surface area contributed by atoms with Crippen molar-refractivity contribution in [2.45, 2.75) is 25.1 Å². The lowest BCUT2D eigenvalue weighted by Crippen LogP contribution is -2.43. The number of alkyl halides is 3. The highest BCUT2D eigenvalue weighted by Crippen LogP contribution is 2.43. The van der Waals surface area contributed by atoms with Crippen LogP contribution in [0.4, 0.5) is 24.7 Å². The number of hydrogen-bond donors (Lipinski definition) is 4. The Labute approximate surface area is 157 Å². The zero-order valence-electron chi connectivity index (χ0n) is 14.3. The number of primary amides is 1. The van der Waals surface area contributed by atoms with Gasteiger partial charge >= 0.3 is 6.18 Å². The Kier molecular flexibility index (Phi) is 5.45. The molecule has 1 aliphatic heterocycles. The van der Waals surface area contributed by atoms with Crippen LogP contribution >= 0.6 is 11.3 Å². The molecule has 6 N–H and O–H groups in total. The molecule has 1 saturated heterocycles. The van der Waals surface area contributed by atoms with Crippen molar-refractivity contribution in [3.05, 3.63) is 16.5 Å². The predicted octanol–water partition coefficient (Wildman–Crippen LogP) is 1.55. The van der Waals surface area contributed by atoms with Gasteiger partial charge in [0, 0.05) is 31.1 Å². The Morgan fingerprint density at radius 1 is 1.41 bits per heavy atom. The van der Waals surface area contributed by atoms with Gasteiger partial charge in [0.05, 0.1) is 17.9 Å². The number of carbonyl (C=O) groups excluding carboxylic acids is 1. The van der Waals surface area contributed by atoms with Crippen LogP contribution in [0.2, 0.25) is 0 Å². The van der Waals surface area contributed by atoms with Crippen LogP contribution in [-0.2, 0) is 6.18 Å². The number of nitrogens with one attached hydrogen (secondary N) is 1. The lowest BCUT2D eigenvalue weighted by molar-refractivity contribution is -0.136. The molecule has 0 aromatic carbocycles. The van der Waals surface area contributed by atoms with Gasteiger partial charge in [0.15, 0.2) is 0 Å². The van der Waals surface area contributed by atoms with Crippen LogP contribution in [0, 0.1) is 0 Å². The first-order chi connectivity index (χ1) is 12.7. The number of pyridine rings is 1. The summed E-state index contributed by atoms with van der Waals surface area (Å²) < 4.78 is 40.8. The second-order valence-corrected chi connectivity index (χ2v) is 7.35. The van der Waals surface area contributed by atoms with Crippen LogP contribution in [0.25, 0.3) is 10.2 Å². The Hall–Kier alpha value is -2.11. The number of carbonyl (C=O) groups is 1. The van der Waals surface area contributed by atoms with Gasteiger partial charge in [-0.3, -0.25) is 4.79 Å². The highest BCUT2D eigenvalue weighted by atomic mass is 32.1. The van der Waals surface area contributed by atoms with E-state index < -0.39 is 17.6 Å². The van der Waals surface area contributed by atoms with Crippen molar-refractivity contribution in [3.8, 4) is 0 Å². The standard InChI is InChI=1S/C16H20F3N5O2S/c17-16(18,19)9-7-10(24-4-1-8(2-5-24)22-3-6-25)23-15-11(9)12(20)13(27-15)14(21)26/h7-8,22,25H,1-6,20H2,(H2,21,26). The fourth-order valence-corrected chi connectivity index (χ4v) is 4.23. The molecular weight excluding hydrogens is 383 g/mol. The minimum absolute atomic E-state index is 0.0371. The molecule has 2 aromatic heterocycles. The first-order valence-corrected chi connectivity index (χ1v) is 9.23. The SMILES string of the molecule is NC(=O)c1sc2nc(N3CCC(NCCO)CC3)cc(C(F)(F)F)c2c1N. The summed E-state index contributed by atoms with van der Waals surface area (Å²) in [4.78, 5) is 17.5.